The third-order valence-corrected chi connectivity index (χ3v) is 5.41. The Morgan fingerprint density at radius 1 is 1.26 bits per heavy atom. The van der Waals surface area contributed by atoms with Crippen LogP contribution in [0.2, 0.25) is 0 Å². The molecule has 0 bridgehead atoms. The van der Waals surface area contributed by atoms with Crippen LogP contribution in [0.15, 0.2) is 0 Å². The highest BCUT2D eigenvalue weighted by Crippen LogP contribution is 2.35. The van der Waals surface area contributed by atoms with E-state index in [2.05, 4.69) is 38.0 Å². The molecule has 0 aromatic rings. The molecule has 0 spiro atoms. The predicted molar refractivity (Wildman–Crippen MR) is 83.4 cm³/mol. The van der Waals surface area contributed by atoms with Crippen LogP contribution in [0.4, 0.5) is 0 Å². The quantitative estimate of drug-likeness (QED) is 0.819. The molecule has 0 aromatic heterocycles. The van der Waals surface area contributed by atoms with Crippen LogP contribution >= 0.6 is 0 Å². The number of rotatable bonds is 5. The van der Waals surface area contributed by atoms with E-state index in [-0.39, 0.29) is 0 Å². The second-order valence-electron chi connectivity index (χ2n) is 7.77. The van der Waals surface area contributed by atoms with Crippen LogP contribution in [-0.2, 0) is 0 Å². The minimum absolute atomic E-state index is 0.548. The monoisotopic (exact) mass is 266 g/mol. The number of hydrogen-bond acceptors (Lipinski definition) is 2. The minimum atomic E-state index is 0.548. The van der Waals surface area contributed by atoms with Crippen molar-refractivity contribution in [3.8, 4) is 0 Å². The van der Waals surface area contributed by atoms with Crippen LogP contribution in [0, 0.1) is 17.3 Å². The van der Waals surface area contributed by atoms with Crippen LogP contribution in [0.5, 0.6) is 0 Å². The molecule has 0 aromatic carbocycles. The zero-order chi connectivity index (χ0) is 13.9. The summed E-state index contributed by atoms with van der Waals surface area (Å²) in [6.07, 6.45) is 8.47. The van der Waals surface area contributed by atoms with Gasteiger partial charge in [0, 0.05) is 19.1 Å². The first-order valence-electron chi connectivity index (χ1n) is 8.43. The molecular weight excluding hydrogens is 232 g/mol. The third-order valence-electron chi connectivity index (χ3n) is 5.41. The van der Waals surface area contributed by atoms with Crippen molar-refractivity contribution in [2.45, 2.75) is 65.3 Å². The second-order valence-corrected chi connectivity index (χ2v) is 7.77. The molecule has 0 radical (unpaired) electrons. The molecule has 0 amide bonds. The number of hydrogen-bond donors (Lipinski definition) is 1. The van der Waals surface area contributed by atoms with Gasteiger partial charge in [0.25, 0.3) is 0 Å². The Kier molecular flexibility index (Phi) is 5.30. The largest absolute Gasteiger partial charge is 0.317 e. The molecule has 19 heavy (non-hydrogen) atoms. The van der Waals surface area contributed by atoms with E-state index < -0.39 is 0 Å². The average Bonchev–Trinajstić information content (AvgIpc) is 2.69. The fourth-order valence-electron chi connectivity index (χ4n) is 4.33. The summed E-state index contributed by atoms with van der Waals surface area (Å²) in [6.45, 7) is 11.1. The highest BCUT2D eigenvalue weighted by atomic mass is 15.2. The molecule has 2 heteroatoms. The van der Waals surface area contributed by atoms with Crippen molar-refractivity contribution in [1.29, 1.82) is 0 Å². The highest BCUT2D eigenvalue weighted by Gasteiger charge is 2.34. The van der Waals surface area contributed by atoms with Crippen LogP contribution < -0.4 is 5.32 Å². The lowest BCUT2D eigenvalue weighted by atomic mass is 9.76. The van der Waals surface area contributed by atoms with Gasteiger partial charge in [0.2, 0.25) is 0 Å². The Labute approximate surface area is 120 Å². The van der Waals surface area contributed by atoms with Gasteiger partial charge in [-0.3, -0.25) is 0 Å². The van der Waals surface area contributed by atoms with E-state index in [9.17, 15) is 0 Å². The Morgan fingerprint density at radius 3 is 2.63 bits per heavy atom. The summed E-state index contributed by atoms with van der Waals surface area (Å²) in [7, 11) is 2.16. The topological polar surface area (TPSA) is 15.3 Å². The van der Waals surface area contributed by atoms with E-state index in [1.165, 1.54) is 58.2 Å². The number of nitrogens with zero attached hydrogens (tertiary/aromatic N) is 1. The summed E-state index contributed by atoms with van der Waals surface area (Å²) >= 11 is 0. The lowest BCUT2D eigenvalue weighted by Crippen LogP contribution is -2.44. The van der Waals surface area contributed by atoms with Gasteiger partial charge in [0.1, 0.15) is 0 Å². The van der Waals surface area contributed by atoms with E-state index in [4.69, 9.17) is 0 Å². The third kappa shape index (κ3) is 4.19. The van der Waals surface area contributed by atoms with E-state index in [0.717, 1.165) is 17.9 Å². The van der Waals surface area contributed by atoms with E-state index in [1.54, 1.807) is 0 Å². The molecule has 1 saturated heterocycles. The molecule has 2 nitrogen and oxygen atoms in total. The van der Waals surface area contributed by atoms with Gasteiger partial charge >= 0.3 is 0 Å². The van der Waals surface area contributed by atoms with Gasteiger partial charge in [0.15, 0.2) is 0 Å². The van der Waals surface area contributed by atoms with Crippen molar-refractivity contribution in [1.82, 2.24) is 10.2 Å². The molecule has 1 heterocycles. The molecule has 3 unspecified atom stereocenters. The molecule has 2 aliphatic rings. The first-order valence-corrected chi connectivity index (χ1v) is 8.43. The maximum atomic E-state index is 3.58. The van der Waals surface area contributed by atoms with Gasteiger partial charge in [-0.1, -0.05) is 33.6 Å². The lowest BCUT2D eigenvalue weighted by molar-refractivity contribution is 0.147. The first kappa shape index (κ1) is 15.3. The molecule has 2 fully saturated rings. The fraction of sp³-hybridized carbons (Fsp3) is 1.00. The van der Waals surface area contributed by atoms with E-state index >= 15 is 0 Å². The van der Waals surface area contributed by atoms with E-state index in [1.807, 2.05) is 0 Å². The van der Waals surface area contributed by atoms with Crippen LogP contribution in [0.1, 0.15) is 59.3 Å². The SMILES string of the molecule is CCCC1CCC(NC)C(CN2CCC(C)(C)C2)C1. The Balaban J connectivity index is 1.88. The summed E-state index contributed by atoms with van der Waals surface area (Å²) in [5.41, 5.74) is 0.548. The Hall–Kier alpha value is -0.0800. The molecule has 2 rings (SSSR count). The van der Waals surface area contributed by atoms with Crippen LogP contribution in [-0.4, -0.2) is 37.6 Å². The van der Waals surface area contributed by atoms with Crippen molar-refractivity contribution < 1.29 is 0 Å². The molecule has 1 aliphatic heterocycles. The first-order chi connectivity index (χ1) is 9.04. The summed E-state index contributed by atoms with van der Waals surface area (Å²) in [6, 6.07) is 0.761. The summed E-state index contributed by atoms with van der Waals surface area (Å²) in [5, 5.41) is 3.58. The molecule has 1 saturated carbocycles. The van der Waals surface area contributed by atoms with Gasteiger partial charge in [-0.15, -0.1) is 0 Å². The van der Waals surface area contributed by atoms with Crippen molar-refractivity contribution in [3.63, 3.8) is 0 Å². The predicted octanol–water partition coefficient (Wildman–Crippen LogP) is 3.52. The van der Waals surface area contributed by atoms with Gasteiger partial charge in [0.05, 0.1) is 0 Å². The van der Waals surface area contributed by atoms with Gasteiger partial charge in [-0.05, 0) is 56.5 Å². The Bertz CT molecular complexity index is 274. The highest BCUT2D eigenvalue weighted by molar-refractivity contribution is 4.89. The molecule has 3 atom stereocenters. The van der Waals surface area contributed by atoms with Crippen molar-refractivity contribution >= 4 is 0 Å². The second kappa shape index (κ2) is 6.58. The lowest BCUT2D eigenvalue weighted by Gasteiger charge is -2.38. The summed E-state index contributed by atoms with van der Waals surface area (Å²) in [5.74, 6) is 1.87. The van der Waals surface area contributed by atoms with Crippen LogP contribution in [0.25, 0.3) is 0 Å². The fourth-order valence-corrected chi connectivity index (χ4v) is 4.33. The summed E-state index contributed by atoms with van der Waals surface area (Å²) < 4.78 is 0. The smallest absolute Gasteiger partial charge is 0.0105 e. The van der Waals surface area contributed by atoms with Crippen molar-refractivity contribution in [2.75, 3.05) is 26.7 Å². The number of nitrogens with one attached hydrogen (secondary N) is 1. The Morgan fingerprint density at radius 2 is 2.05 bits per heavy atom. The van der Waals surface area contributed by atoms with Crippen LogP contribution in [0.3, 0.4) is 0 Å². The van der Waals surface area contributed by atoms with E-state index in [0.29, 0.717) is 5.41 Å². The molecule has 1 N–H and O–H groups in total. The number of likely N-dealkylation sites (tertiary alicyclic amines) is 1. The maximum absolute atomic E-state index is 3.58. The standard InChI is InChI=1S/C17H34N2/c1-5-6-14-7-8-16(18-4)15(11-14)12-19-10-9-17(2,3)13-19/h14-16,18H,5-13H2,1-4H3. The molecule has 1 aliphatic carbocycles. The van der Waals surface area contributed by atoms with Crippen molar-refractivity contribution in [3.05, 3.63) is 0 Å². The maximum Gasteiger partial charge on any atom is 0.0105 e. The average molecular weight is 266 g/mol. The van der Waals surface area contributed by atoms with Gasteiger partial charge in [-0.25, -0.2) is 0 Å². The zero-order valence-corrected chi connectivity index (χ0v) is 13.5. The zero-order valence-electron chi connectivity index (χ0n) is 13.5. The molecule has 112 valence electrons. The van der Waals surface area contributed by atoms with Crippen molar-refractivity contribution in [2.24, 2.45) is 17.3 Å². The van der Waals surface area contributed by atoms with Gasteiger partial charge in [-0.2, -0.15) is 0 Å². The van der Waals surface area contributed by atoms with Gasteiger partial charge < -0.3 is 10.2 Å². The minimum Gasteiger partial charge on any atom is -0.317 e. The normalized spacial score (nSPS) is 35.7. The summed E-state index contributed by atoms with van der Waals surface area (Å²) in [4.78, 5) is 2.73. The molecular formula is C17H34N2.